The van der Waals surface area contributed by atoms with Gasteiger partial charge in [0.05, 0.1) is 4.70 Å². The molecule has 0 aliphatic carbocycles. The quantitative estimate of drug-likeness (QED) is 0.707. The second kappa shape index (κ2) is 6.90. The summed E-state index contributed by atoms with van der Waals surface area (Å²) in [7, 11) is 1.93. The monoisotopic (exact) mass is 315 g/mol. The zero-order valence-corrected chi connectivity index (χ0v) is 13.2. The number of rotatable bonds is 6. The van der Waals surface area contributed by atoms with E-state index in [9.17, 15) is 4.39 Å². The molecule has 0 bridgehead atoms. The predicted molar refractivity (Wildman–Crippen MR) is 90.1 cm³/mol. The fourth-order valence-corrected chi connectivity index (χ4v) is 3.31. The van der Waals surface area contributed by atoms with Crippen molar-refractivity contribution in [3.8, 4) is 5.75 Å². The van der Waals surface area contributed by atoms with Gasteiger partial charge >= 0.3 is 0 Å². The van der Waals surface area contributed by atoms with Crippen molar-refractivity contribution >= 4 is 21.4 Å². The Balaban J connectivity index is 1.92. The Labute approximate surface area is 133 Å². The average molecular weight is 315 g/mol. The highest BCUT2D eigenvalue weighted by Crippen LogP contribution is 2.35. The van der Waals surface area contributed by atoms with Crippen LogP contribution in [0.2, 0.25) is 0 Å². The number of ether oxygens (including phenoxy) is 1. The first kappa shape index (κ1) is 15.0. The van der Waals surface area contributed by atoms with Gasteiger partial charge in [-0.1, -0.05) is 30.3 Å². The predicted octanol–water partition coefficient (Wildman–Crippen LogP) is 4.77. The molecule has 0 fully saturated rings. The molecule has 0 amide bonds. The molecule has 2 aromatic carbocycles. The third kappa shape index (κ3) is 3.13. The van der Waals surface area contributed by atoms with Crippen LogP contribution in [0.5, 0.6) is 5.75 Å². The number of nitrogens with one attached hydrogen (secondary N) is 1. The minimum atomic E-state index is -0.191. The van der Waals surface area contributed by atoms with E-state index in [2.05, 4.69) is 17.4 Å². The first-order chi connectivity index (χ1) is 10.8. The molecule has 22 heavy (non-hydrogen) atoms. The van der Waals surface area contributed by atoms with Crippen LogP contribution in [0.15, 0.2) is 53.9 Å². The SMILES string of the molecule is CNCC[C@@H](Oc1ccc(F)c2sccc12)c1ccccc1. The van der Waals surface area contributed by atoms with Gasteiger partial charge in [0.2, 0.25) is 0 Å². The van der Waals surface area contributed by atoms with Gasteiger partial charge in [-0.3, -0.25) is 0 Å². The Morgan fingerprint density at radius 1 is 1.14 bits per heavy atom. The van der Waals surface area contributed by atoms with Crippen molar-refractivity contribution in [3.63, 3.8) is 0 Å². The number of fused-ring (bicyclic) bond motifs is 1. The minimum Gasteiger partial charge on any atom is -0.485 e. The van der Waals surface area contributed by atoms with E-state index < -0.39 is 0 Å². The molecule has 114 valence electrons. The summed E-state index contributed by atoms with van der Waals surface area (Å²) in [5, 5.41) is 5.89. The summed E-state index contributed by atoms with van der Waals surface area (Å²) in [5.74, 6) is 0.548. The number of halogens is 1. The minimum absolute atomic E-state index is 0.0535. The number of thiophene rings is 1. The second-order valence-corrected chi connectivity index (χ2v) is 6.03. The summed E-state index contributed by atoms with van der Waals surface area (Å²) < 4.78 is 20.7. The normalized spacial score (nSPS) is 12.5. The van der Waals surface area contributed by atoms with Crippen LogP contribution in [0.25, 0.3) is 10.1 Å². The summed E-state index contributed by atoms with van der Waals surface area (Å²) in [6.45, 7) is 0.855. The van der Waals surface area contributed by atoms with Crippen LogP contribution >= 0.6 is 11.3 Å². The van der Waals surface area contributed by atoms with Gasteiger partial charge in [0.25, 0.3) is 0 Å². The van der Waals surface area contributed by atoms with E-state index in [1.54, 1.807) is 6.07 Å². The van der Waals surface area contributed by atoms with Crippen LogP contribution in [-0.4, -0.2) is 13.6 Å². The molecule has 0 saturated heterocycles. The van der Waals surface area contributed by atoms with Crippen LogP contribution < -0.4 is 10.1 Å². The van der Waals surface area contributed by atoms with Crippen LogP contribution in [0, 0.1) is 5.82 Å². The first-order valence-corrected chi connectivity index (χ1v) is 8.19. The lowest BCUT2D eigenvalue weighted by Gasteiger charge is -2.20. The highest BCUT2D eigenvalue weighted by atomic mass is 32.1. The lowest BCUT2D eigenvalue weighted by atomic mass is 10.1. The average Bonchev–Trinajstić information content (AvgIpc) is 3.05. The van der Waals surface area contributed by atoms with E-state index in [0.717, 1.165) is 29.7 Å². The summed E-state index contributed by atoms with van der Waals surface area (Å²) in [5.41, 5.74) is 1.13. The van der Waals surface area contributed by atoms with Crippen molar-refractivity contribution in [1.29, 1.82) is 0 Å². The van der Waals surface area contributed by atoms with E-state index in [-0.39, 0.29) is 11.9 Å². The Morgan fingerprint density at radius 2 is 1.95 bits per heavy atom. The van der Waals surface area contributed by atoms with Crippen molar-refractivity contribution < 1.29 is 9.13 Å². The van der Waals surface area contributed by atoms with E-state index in [4.69, 9.17) is 4.74 Å². The fraction of sp³-hybridized carbons (Fsp3) is 0.222. The summed E-state index contributed by atoms with van der Waals surface area (Å²) in [4.78, 5) is 0. The largest absolute Gasteiger partial charge is 0.485 e. The molecule has 1 atom stereocenters. The third-order valence-corrected chi connectivity index (χ3v) is 4.55. The Morgan fingerprint density at radius 3 is 2.73 bits per heavy atom. The van der Waals surface area contributed by atoms with Crippen molar-refractivity contribution in [2.75, 3.05) is 13.6 Å². The molecule has 3 aromatic rings. The van der Waals surface area contributed by atoms with Gasteiger partial charge in [0, 0.05) is 11.8 Å². The van der Waals surface area contributed by atoms with Crippen molar-refractivity contribution in [2.24, 2.45) is 0 Å². The summed E-state index contributed by atoms with van der Waals surface area (Å²) in [6, 6.07) is 15.3. The summed E-state index contributed by atoms with van der Waals surface area (Å²) >= 11 is 1.40. The lowest BCUT2D eigenvalue weighted by molar-refractivity contribution is 0.197. The molecule has 4 heteroatoms. The van der Waals surface area contributed by atoms with Crippen LogP contribution in [-0.2, 0) is 0 Å². The maximum absolute atomic E-state index is 13.8. The third-order valence-electron chi connectivity index (χ3n) is 3.63. The van der Waals surface area contributed by atoms with E-state index >= 15 is 0 Å². The first-order valence-electron chi connectivity index (χ1n) is 7.31. The molecular weight excluding hydrogens is 297 g/mol. The molecule has 3 rings (SSSR count). The molecule has 1 aromatic heterocycles. The Kier molecular flexibility index (Phi) is 4.71. The van der Waals surface area contributed by atoms with Crippen molar-refractivity contribution in [3.05, 3.63) is 65.3 Å². The highest BCUT2D eigenvalue weighted by Gasteiger charge is 2.16. The molecule has 0 radical (unpaired) electrons. The van der Waals surface area contributed by atoms with Gasteiger partial charge in [0.1, 0.15) is 17.7 Å². The topological polar surface area (TPSA) is 21.3 Å². The van der Waals surface area contributed by atoms with Gasteiger partial charge in [-0.15, -0.1) is 11.3 Å². The zero-order valence-electron chi connectivity index (χ0n) is 12.4. The van der Waals surface area contributed by atoms with Gasteiger partial charge < -0.3 is 10.1 Å². The number of hydrogen-bond acceptors (Lipinski definition) is 3. The van der Waals surface area contributed by atoms with E-state index in [1.165, 1.54) is 17.4 Å². The molecule has 0 aliphatic heterocycles. The van der Waals surface area contributed by atoms with Gasteiger partial charge in [-0.05, 0) is 42.7 Å². The molecule has 2 nitrogen and oxygen atoms in total. The van der Waals surface area contributed by atoms with Crippen LogP contribution in [0.1, 0.15) is 18.1 Å². The fourth-order valence-electron chi connectivity index (χ4n) is 2.50. The van der Waals surface area contributed by atoms with Gasteiger partial charge in [-0.2, -0.15) is 0 Å². The highest BCUT2D eigenvalue weighted by molar-refractivity contribution is 7.17. The molecule has 0 aliphatic rings. The molecule has 0 unspecified atom stereocenters. The second-order valence-electron chi connectivity index (χ2n) is 5.12. The Hall–Kier alpha value is -1.91. The molecule has 0 spiro atoms. The maximum Gasteiger partial charge on any atom is 0.141 e. The molecule has 0 saturated carbocycles. The van der Waals surface area contributed by atoms with Crippen molar-refractivity contribution in [2.45, 2.75) is 12.5 Å². The zero-order chi connectivity index (χ0) is 15.4. The molecular formula is C18H18FNOS. The van der Waals surface area contributed by atoms with Crippen LogP contribution in [0.4, 0.5) is 4.39 Å². The van der Waals surface area contributed by atoms with Gasteiger partial charge in [0.15, 0.2) is 0 Å². The summed E-state index contributed by atoms with van der Waals surface area (Å²) in [6.07, 6.45) is 0.797. The standard InChI is InChI=1S/C18H18FNOS/c1-20-11-9-16(13-5-3-2-4-6-13)21-17-8-7-15(19)18-14(17)10-12-22-18/h2-8,10,12,16,20H,9,11H2,1H3/t16-/m1/s1. The van der Waals surface area contributed by atoms with Crippen LogP contribution in [0.3, 0.4) is 0 Å². The smallest absolute Gasteiger partial charge is 0.141 e. The van der Waals surface area contributed by atoms with Crippen molar-refractivity contribution in [1.82, 2.24) is 5.32 Å². The Bertz CT molecular complexity index is 741. The number of benzene rings is 2. The number of hydrogen-bond donors (Lipinski definition) is 1. The van der Waals surface area contributed by atoms with Gasteiger partial charge in [-0.25, -0.2) is 4.39 Å². The van der Waals surface area contributed by atoms with E-state index in [1.807, 2.05) is 36.7 Å². The van der Waals surface area contributed by atoms with E-state index in [0.29, 0.717) is 4.70 Å². The maximum atomic E-state index is 13.8. The lowest BCUT2D eigenvalue weighted by Crippen LogP contribution is -2.16. The molecule has 1 heterocycles. The molecule has 1 N–H and O–H groups in total.